The van der Waals surface area contributed by atoms with Crippen molar-refractivity contribution in [2.24, 2.45) is 5.41 Å². The predicted octanol–water partition coefficient (Wildman–Crippen LogP) is 1.99. The molecule has 2 N–H and O–H groups in total. The summed E-state index contributed by atoms with van der Waals surface area (Å²) in [7, 11) is -3.85. The van der Waals surface area contributed by atoms with Crippen molar-refractivity contribution in [3.05, 3.63) is 0 Å². The van der Waals surface area contributed by atoms with Crippen LogP contribution in [0.3, 0.4) is 0 Å². The number of hydrogen-bond acceptors (Lipinski definition) is 1. The third-order valence-electron chi connectivity index (χ3n) is 1.48. The first kappa shape index (κ1) is 11.2. The van der Waals surface area contributed by atoms with Crippen LogP contribution >= 0.6 is 7.60 Å². The van der Waals surface area contributed by atoms with Crippen LogP contribution in [0.5, 0.6) is 0 Å². The molecule has 0 radical (unpaired) electrons. The SMILES string of the molecule is CC(CC(C)(C)C)P(=O)(O)O. The largest absolute Gasteiger partial charge is 0.328 e. The molecule has 0 saturated heterocycles. The molecule has 0 amide bonds. The van der Waals surface area contributed by atoms with Crippen LogP contribution in [0.25, 0.3) is 0 Å². The van der Waals surface area contributed by atoms with Gasteiger partial charge in [0, 0.05) is 0 Å². The highest BCUT2D eigenvalue weighted by Gasteiger charge is 2.28. The van der Waals surface area contributed by atoms with E-state index in [4.69, 9.17) is 9.79 Å². The highest BCUT2D eigenvalue weighted by Crippen LogP contribution is 2.45. The fourth-order valence-electron chi connectivity index (χ4n) is 1.01. The zero-order valence-electron chi connectivity index (χ0n) is 7.53. The minimum Gasteiger partial charge on any atom is -0.324 e. The average Bonchev–Trinajstić information content (AvgIpc) is 1.56. The van der Waals surface area contributed by atoms with E-state index in [2.05, 4.69) is 0 Å². The summed E-state index contributed by atoms with van der Waals surface area (Å²) in [5.41, 5.74) is -0.539. The first-order valence-electron chi connectivity index (χ1n) is 3.68. The minimum atomic E-state index is -3.85. The maximum Gasteiger partial charge on any atom is 0.328 e. The summed E-state index contributed by atoms with van der Waals surface area (Å²) >= 11 is 0. The first-order chi connectivity index (χ1) is 4.63. The molecule has 0 heterocycles. The van der Waals surface area contributed by atoms with Gasteiger partial charge in [0.1, 0.15) is 0 Å². The highest BCUT2D eigenvalue weighted by molar-refractivity contribution is 7.52. The van der Waals surface area contributed by atoms with Gasteiger partial charge in [0.2, 0.25) is 0 Å². The van der Waals surface area contributed by atoms with Gasteiger partial charge in [-0.2, -0.15) is 0 Å². The molecular weight excluding hydrogens is 163 g/mol. The Morgan fingerprint density at radius 2 is 1.73 bits per heavy atom. The van der Waals surface area contributed by atoms with E-state index in [1.54, 1.807) is 6.92 Å². The summed E-state index contributed by atoms with van der Waals surface area (Å²) < 4.78 is 10.7. The fourth-order valence-corrected chi connectivity index (χ4v) is 1.79. The molecule has 68 valence electrons. The van der Waals surface area contributed by atoms with E-state index < -0.39 is 13.3 Å². The van der Waals surface area contributed by atoms with Crippen molar-refractivity contribution in [1.82, 2.24) is 0 Å². The average molecular weight is 180 g/mol. The quantitative estimate of drug-likeness (QED) is 0.639. The molecule has 11 heavy (non-hydrogen) atoms. The van der Waals surface area contributed by atoms with Crippen molar-refractivity contribution >= 4 is 7.60 Å². The molecule has 3 nitrogen and oxygen atoms in total. The van der Waals surface area contributed by atoms with Crippen molar-refractivity contribution in [2.75, 3.05) is 0 Å². The normalized spacial score (nSPS) is 16.5. The molecule has 0 aliphatic heterocycles. The lowest BCUT2D eigenvalue weighted by atomic mass is 9.91. The fraction of sp³-hybridized carbons (Fsp3) is 1.00. The van der Waals surface area contributed by atoms with Crippen LogP contribution in [0.15, 0.2) is 0 Å². The van der Waals surface area contributed by atoms with Crippen molar-refractivity contribution in [3.8, 4) is 0 Å². The summed E-state index contributed by atoms with van der Waals surface area (Å²) in [6.45, 7) is 7.50. The first-order valence-corrected chi connectivity index (χ1v) is 5.36. The Morgan fingerprint density at radius 1 is 1.36 bits per heavy atom. The van der Waals surface area contributed by atoms with Gasteiger partial charge in [-0.3, -0.25) is 4.57 Å². The topological polar surface area (TPSA) is 57.5 Å². The third-order valence-corrected chi connectivity index (χ3v) is 2.81. The minimum absolute atomic E-state index is 0.0134. The zero-order valence-corrected chi connectivity index (χ0v) is 8.43. The Kier molecular flexibility index (Phi) is 3.30. The lowest BCUT2D eigenvalue weighted by molar-refractivity contribution is 0.318. The molecule has 4 heteroatoms. The smallest absolute Gasteiger partial charge is 0.324 e. The summed E-state index contributed by atoms with van der Waals surface area (Å²) in [6, 6.07) is 0. The van der Waals surface area contributed by atoms with Crippen LogP contribution in [-0.4, -0.2) is 15.4 Å². The van der Waals surface area contributed by atoms with Crippen molar-refractivity contribution < 1.29 is 14.4 Å². The van der Waals surface area contributed by atoms with E-state index in [9.17, 15) is 4.57 Å². The molecule has 0 rings (SSSR count). The van der Waals surface area contributed by atoms with E-state index in [0.29, 0.717) is 6.42 Å². The van der Waals surface area contributed by atoms with Crippen LogP contribution in [-0.2, 0) is 4.57 Å². The zero-order chi connectivity index (χ0) is 9.28. The monoisotopic (exact) mass is 180 g/mol. The van der Waals surface area contributed by atoms with Gasteiger partial charge in [0.15, 0.2) is 0 Å². The maximum absolute atomic E-state index is 10.7. The molecule has 0 aliphatic rings. The van der Waals surface area contributed by atoms with E-state index in [1.807, 2.05) is 20.8 Å². The number of rotatable bonds is 2. The van der Waals surface area contributed by atoms with Crippen LogP contribution in [0.4, 0.5) is 0 Å². The predicted molar refractivity (Wildman–Crippen MR) is 45.6 cm³/mol. The van der Waals surface area contributed by atoms with E-state index in [-0.39, 0.29) is 5.41 Å². The second-order valence-electron chi connectivity index (χ2n) is 4.20. The lowest BCUT2D eigenvalue weighted by Crippen LogP contribution is -2.15. The summed E-state index contributed by atoms with van der Waals surface area (Å²) in [4.78, 5) is 17.5. The summed E-state index contributed by atoms with van der Waals surface area (Å²) in [5, 5.41) is 0. The van der Waals surface area contributed by atoms with Crippen molar-refractivity contribution in [2.45, 2.75) is 39.8 Å². The van der Waals surface area contributed by atoms with Crippen molar-refractivity contribution in [3.63, 3.8) is 0 Å². The Balaban J connectivity index is 4.10. The number of hydrogen-bond donors (Lipinski definition) is 2. The Labute approximate surface area is 68.0 Å². The van der Waals surface area contributed by atoms with Crippen molar-refractivity contribution in [1.29, 1.82) is 0 Å². The molecule has 0 aromatic heterocycles. The van der Waals surface area contributed by atoms with Crippen LogP contribution in [0, 0.1) is 5.41 Å². The second-order valence-corrected chi connectivity index (χ2v) is 6.26. The Morgan fingerprint density at radius 3 is 1.82 bits per heavy atom. The summed E-state index contributed by atoms with van der Waals surface area (Å²) in [5.74, 6) is 0. The van der Waals surface area contributed by atoms with Gasteiger partial charge in [0.25, 0.3) is 0 Å². The van der Waals surface area contributed by atoms with E-state index >= 15 is 0 Å². The van der Waals surface area contributed by atoms with E-state index in [0.717, 1.165) is 0 Å². The second kappa shape index (κ2) is 3.26. The summed E-state index contributed by atoms with van der Waals surface area (Å²) in [6.07, 6.45) is 0.553. The molecule has 0 spiro atoms. The van der Waals surface area contributed by atoms with Crippen LogP contribution < -0.4 is 0 Å². The molecule has 0 saturated carbocycles. The third kappa shape index (κ3) is 5.42. The molecule has 0 bridgehead atoms. The molecule has 0 aliphatic carbocycles. The van der Waals surface area contributed by atoms with Crippen LogP contribution in [0.2, 0.25) is 0 Å². The maximum atomic E-state index is 10.7. The lowest BCUT2D eigenvalue weighted by Gasteiger charge is -2.23. The molecule has 0 aromatic carbocycles. The van der Waals surface area contributed by atoms with Gasteiger partial charge in [-0.05, 0) is 11.8 Å². The highest BCUT2D eigenvalue weighted by atomic mass is 31.2. The van der Waals surface area contributed by atoms with Gasteiger partial charge in [-0.15, -0.1) is 0 Å². The molecule has 1 unspecified atom stereocenters. The van der Waals surface area contributed by atoms with Gasteiger partial charge in [-0.25, -0.2) is 0 Å². The molecule has 0 fully saturated rings. The van der Waals surface area contributed by atoms with E-state index in [1.165, 1.54) is 0 Å². The van der Waals surface area contributed by atoms with Gasteiger partial charge >= 0.3 is 7.60 Å². The standard InChI is InChI=1S/C7H17O3P/c1-6(11(8,9)10)5-7(2,3)4/h6H,5H2,1-4H3,(H2,8,9,10). The molecular formula is C7H17O3P. The Hall–Kier alpha value is 0.150. The Bertz CT molecular complexity index is 165. The van der Waals surface area contributed by atoms with Gasteiger partial charge in [0.05, 0.1) is 5.66 Å². The molecule has 1 atom stereocenters. The van der Waals surface area contributed by atoms with Gasteiger partial charge < -0.3 is 9.79 Å². The van der Waals surface area contributed by atoms with Gasteiger partial charge in [-0.1, -0.05) is 27.7 Å². The molecule has 0 aromatic rings. The van der Waals surface area contributed by atoms with Crippen LogP contribution in [0.1, 0.15) is 34.1 Å².